The van der Waals surface area contributed by atoms with Crippen molar-refractivity contribution < 1.29 is 0 Å². The van der Waals surface area contributed by atoms with E-state index >= 15 is 0 Å². The molecule has 10 aromatic rings. The molecule has 3 aromatic heterocycles. The number of fused-ring (bicyclic) bond motifs is 9. The first-order valence-electron chi connectivity index (χ1n) is 19.9. The molecule has 0 fully saturated rings. The van der Waals surface area contributed by atoms with Gasteiger partial charge in [-0.25, -0.2) is 9.97 Å². The summed E-state index contributed by atoms with van der Waals surface area (Å²) in [5.74, 6) is 0.694. The molecular formula is C54H38N4. The molecule has 0 amide bonds. The quantitative estimate of drug-likeness (QED) is 0.152. The van der Waals surface area contributed by atoms with E-state index in [0.29, 0.717) is 5.95 Å². The van der Waals surface area contributed by atoms with E-state index in [4.69, 9.17) is 9.97 Å². The maximum atomic E-state index is 5.30. The normalized spacial score (nSPS) is 13.3. The largest absolute Gasteiger partial charge is 0.316 e. The van der Waals surface area contributed by atoms with Crippen LogP contribution in [-0.2, 0) is 0 Å². The van der Waals surface area contributed by atoms with Crippen molar-refractivity contribution in [2.24, 2.45) is 0 Å². The topological polar surface area (TPSA) is 35.6 Å². The summed E-state index contributed by atoms with van der Waals surface area (Å²) < 4.78 is 4.54. The predicted octanol–water partition coefficient (Wildman–Crippen LogP) is 14.3. The number of nitrogens with zero attached hydrogens (tertiary/aromatic N) is 4. The van der Waals surface area contributed by atoms with Crippen molar-refractivity contribution in [1.82, 2.24) is 19.1 Å². The highest BCUT2D eigenvalue weighted by molar-refractivity contribution is 6.24. The molecule has 11 rings (SSSR count). The zero-order chi connectivity index (χ0) is 38.6. The van der Waals surface area contributed by atoms with Gasteiger partial charge >= 0.3 is 0 Å². The van der Waals surface area contributed by atoms with Crippen LogP contribution >= 0.6 is 0 Å². The molecule has 0 N–H and O–H groups in total. The molecule has 0 spiro atoms. The maximum absolute atomic E-state index is 5.30. The summed E-state index contributed by atoms with van der Waals surface area (Å²) in [6.07, 6.45) is 18.5. The standard InChI is InChI=1S/C54H38N4/c1-2-3-4-16-33-57-48-25-14-12-23-44(48)52-42-21-9-8-19-40(42)45(35-51(52)57)37-29-27-36(28-30-37)39-31-32-50-46(34-39)41-20-11-15-26-49(41)58(50)54-55-47-24-13-10-22-43(47)53(56-54)38-17-6-5-7-18-38/h2-6,8-17,19-35H,1,7,18H2/b4-3-,33-16+. The van der Waals surface area contributed by atoms with Gasteiger partial charge in [-0.1, -0.05) is 152 Å². The SMILES string of the molecule is C=C/C=C\C=C\n1c2ccccc2c2c3ccccc3c(-c3ccc(-c4ccc5c(c4)c4ccccc4n5-c4nc(C5=CC=CCC5)c5ccccc5n4)cc3)cc21. The monoisotopic (exact) mass is 742 g/mol. The third-order valence-electron chi connectivity index (χ3n) is 11.6. The van der Waals surface area contributed by atoms with Crippen molar-refractivity contribution in [2.75, 3.05) is 0 Å². The van der Waals surface area contributed by atoms with E-state index in [-0.39, 0.29) is 0 Å². The van der Waals surface area contributed by atoms with Gasteiger partial charge in [-0.2, -0.15) is 0 Å². The molecule has 7 aromatic carbocycles. The van der Waals surface area contributed by atoms with Crippen molar-refractivity contribution in [3.05, 3.63) is 200 Å². The number of aromatic nitrogens is 4. The van der Waals surface area contributed by atoms with Gasteiger partial charge in [0.25, 0.3) is 0 Å². The van der Waals surface area contributed by atoms with Crippen molar-refractivity contribution in [2.45, 2.75) is 12.8 Å². The van der Waals surface area contributed by atoms with Gasteiger partial charge in [-0.3, -0.25) is 4.57 Å². The van der Waals surface area contributed by atoms with E-state index < -0.39 is 0 Å². The molecule has 4 nitrogen and oxygen atoms in total. The van der Waals surface area contributed by atoms with E-state index in [1.807, 2.05) is 12.2 Å². The van der Waals surface area contributed by atoms with Crippen LogP contribution in [-0.4, -0.2) is 19.1 Å². The van der Waals surface area contributed by atoms with Gasteiger partial charge in [0, 0.05) is 33.1 Å². The summed E-state index contributed by atoms with van der Waals surface area (Å²) in [6.45, 7) is 3.83. The van der Waals surface area contributed by atoms with Gasteiger partial charge < -0.3 is 4.57 Å². The Kier molecular flexibility index (Phi) is 8.07. The zero-order valence-corrected chi connectivity index (χ0v) is 31.9. The van der Waals surface area contributed by atoms with E-state index in [9.17, 15) is 0 Å². The molecule has 4 heteroatoms. The molecule has 0 saturated heterocycles. The Hall–Kier alpha value is -7.56. The summed E-state index contributed by atoms with van der Waals surface area (Å²) in [5, 5.41) is 8.45. The first kappa shape index (κ1) is 33.8. The van der Waals surface area contributed by atoms with Crippen LogP contribution in [0.1, 0.15) is 18.5 Å². The molecule has 274 valence electrons. The average molecular weight is 743 g/mol. The number of allylic oxidation sites excluding steroid dienone is 8. The van der Waals surface area contributed by atoms with Crippen LogP contribution in [0.4, 0.5) is 0 Å². The Bertz CT molecular complexity index is 3400. The Morgan fingerprint density at radius 1 is 0.534 bits per heavy atom. The Morgan fingerprint density at radius 3 is 2.03 bits per heavy atom. The van der Waals surface area contributed by atoms with Gasteiger partial charge in [0.1, 0.15) is 0 Å². The fraction of sp³-hybridized carbons (Fsp3) is 0.0370. The average Bonchev–Trinajstić information content (AvgIpc) is 3.79. The molecular weight excluding hydrogens is 705 g/mol. The zero-order valence-electron chi connectivity index (χ0n) is 31.9. The lowest BCUT2D eigenvalue weighted by atomic mass is 9.93. The van der Waals surface area contributed by atoms with Crippen molar-refractivity contribution >= 4 is 77.1 Å². The van der Waals surface area contributed by atoms with Crippen LogP contribution in [0.5, 0.6) is 0 Å². The Morgan fingerprint density at radius 2 is 1.22 bits per heavy atom. The van der Waals surface area contributed by atoms with E-state index in [1.54, 1.807) is 6.08 Å². The first-order chi connectivity index (χ1) is 28.7. The number of hydrogen-bond acceptors (Lipinski definition) is 2. The van der Waals surface area contributed by atoms with Crippen LogP contribution in [0, 0.1) is 0 Å². The van der Waals surface area contributed by atoms with Gasteiger partial charge in [-0.15, -0.1) is 0 Å². The lowest BCUT2D eigenvalue weighted by molar-refractivity contribution is 0.983. The van der Waals surface area contributed by atoms with Gasteiger partial charge in [0.15, 0.2) is 0 Å². The third-order valence-corrected chi connectivity index (χ3v) is 11.6. The predicted molar refractivity (Wildman–Crippen MR) is 246 cm³/mol. The molecule has 0 aliphatic heterocycles. The second-order valence-electron chi connectivity index (χ2n) is 14.9. The first-order valence-corrected chi connectivity index (χ1v) is 19.9. The van der Waals surface area contributed by atoms with Gasteiger partial charge in [0.2, 0.25) is 5.95 Å². The summed E-state index contributed by atoms with van der Waals surface area (Å²) in [6, 6.07) is 52.7. The molecule has 1 aliphatic rings. The minimum Gasteiger partial charge on any atom is -0.316 e. The molecule has 0 bridgehead atoms. The highest BCUT2D eigenvalue weighted by Gasteiger charge is 2.20. The molecule has 0 atom stereocenters. The summed E-state index contributed by atoms with van der Waals surface area (Å²) >= 11 is 0. The molecule has 0 saturated carbocycles. The summed E-state index contributed by atoms with van der Waals surface area (Å²) in [7, 11) is 0. The number of para-hydroxylation sites is 3. The fourth-order valence-electron chi connectivity index (χ4n) is 8.96. The highest BCUT2D eigenvalue weighted by Crippen LogP contribution is 2.41. The van der Waals surface area contributed by atoms with Crippen LogP contribution in [0.3, 0.4) is 0 Å². The lowest BCUT2D eigenvalue weighted by Crippen LogP contribution is -2.05. The minimum atomic E-state index is 0.694. The van der Waals surface area contributed by atoms with Crippen LogP contribution < -0.4 is 0 Å². The van der Waals surface area contributed by atoms with Crippen LogP contribution in [0.15, 0.2) is 195 Å². The highest BCUT2D eigenvalue weighted by atomic mass is 15.2. The number of benzene rings is 7. The second-order valence-corrected chi connectivity index (χ2v) is 14.9. The molecule has 0 radical (unpaired) electrons. The van der Waals surface area contributed by atoms with Gasteiger partial charge in [0.05, 0.1) is 33.3 Å². The molecule has 1 aliphatic carbocycles. The second kappa shape index (κ2) is 13.9. The Balaban J connectivity index is 1.03. The smallest absolute Gasteiger partial charge is 0.235 e. The van der Waals surface area contributed by atoms with E-state index in [0.717, 1.165) is 40.5 Å². The van der Waals surface area contributed by atoms with Crippen LogP contribution in [0.2, 0.25) is 0 Å². The minimum absolute atomic E-state index is 0.694. The summed E-state index contributed by atoms with van der Waals surface area (Å²) in [5.41, 5.74) is 12.5. The van der Waals surface area contributed by atoms with Crippen molar-refractivity contribution in [3.8, 4) is 28.2 Å². The van der Waals surface area contributed by atoms with Crippen molar-refractivity contribution in [3.63, 3.8) is 0 Å². The van der Waals surface area contributed by atoms with Crippen LogP contribution in [0.25, 0.3) is 105 Å². The fourth-order valence-corrected chi connectivity index (χ4v) is 8.96. The third kappa shape index (κ3) is 5.45. The number of hydrogen-bond donors (Lipinski definition) is 0. The molecule has 58 heavy (non-hydrogen) atoms. The Labute approximate surface area is 336 Å². The summed E-state index contributed by atoms with van der Waals surface area (Å²) in [4.78, 5) is 10.5. The van der Waals surface area contributed by atoms with Crippen molar-refractivity contribution in [1.29, 1.82) is 0 Å². The maximum Gasteiger partial charge on any atom is 0.235 e. The van der Waals surface area contributed by atoms with Gasteiger partial charge in [-0.05, 0) is 93.9 Å². The van der Waals surface area contributed by atoms with E-state index in [2.05, 4.69) is 192 Å². The van der Waals surface area contributed by atoms with E-state index in [1.165, 1.54) is 71.2 Å². The molecule has 3 heterocycles. The molecule has 0 unspecified atom stereocenters. The number of rotatable bonds is 7. The lowest BCUT2D eigenvalue weighted by Gasteiger charge is -2.14.